The van der Waals surface area contributed by atoms with Crippen molar-refractivity contribution in [3.8, 4) is 5.75 Å². The zero-order valence-corrected chi connectivity index (χ0v) is 6.06. The molecule has 1 aromatic carbocycles. The third-order valence-corrected chi connectivity index (χ3v) is 1.33. The fraction of sp³-hybridized carbons (Fsp3) is 0. The number of para-hydroxylation sites is 1. The van der Waals surface area contributed by atoms with E-state index in [1.807, 2.05) is 0 Å². The van der Waals surface area contributed by atoms with Crippen molar-refractivity contribution in [1.29, 1.82) is 0 Å². The number of nitrogens with two attached hydrogens (primary N) is 1. The van der Waals surface area contributed by atoms with Crippen molar-refractivity contribution in [2.75, 3.05) is 0 Å². The predicted octanol–water partition coefficient (Wildman–Crippen LogP) is 0.846. The Balaban J connectivity index is 3.13. The van der Waals surface area contributed by atoms with Crippen LogP contribution in [0, 0.1) is 4.91 Å². The fourth-order valence-electron chi connectivity index (χ4n) is 0.795. The summed E-state index contributed by atoms with van der Waals surface area (Å²) >= 11 is 0. The zero-order chi connectivity index (χ0) is 8.97. The van der Waals surface area contributed by atoms with Gasteiger partial charge in [-0.1, -0.05) is 12.1 Å². The van der Waals surface area contributed by atoms with E-state index in [0.717, 1.165) is 0 Å². The highest BCUT2D eigenvalue weighted by Gasteiger charge is 2.11. The van der Waals surface area contributed by atoms with Crippen LogP contribution in [-0.2, 0) is 0 Å². The number of nitrogens with zero attached hydrogens (tertiary/aromatic N) is 1. The van der Waals surface area contributed by atoms with Gasteiger partial charge in [-0.2, -0.15) is 5.90 Å². The van der Waals surface area contributed by atoms with Crippen molar-refractivity contribution < 1.29 is 9.63 Å². The standard InChI is InChI=1S/C7H6N2O3/c8-12-6-4-2-1-3-5(6)7(10)9-11/h1-4H,8H2. The molecule has 5 nitrogen and oxygen atoms in total. The Labute approximate surface area is 68.1 Å². The lowest BCUT2D eigenvalue weighted by Gasteiger charge is -2.00. The predicted molar refractivity (Wildman–Crippen MR) is 41.4 cm³/mol. The molecule has 0 saturated carbocycles. The SMILES string of the molecule is NOc1ccccc1C(=O)N=O. The molecule has 0 atom stereocenters. The van der Waals surface area contributed by atoms with Crippen molar-refractivity contribution in [3.05, 3.63) is 34.7 Å². The van der Waals surface area contributed by atoms with Crippen LogP contribution in [0.3, 0.4) is 0 Å². The summed E-state index contributed by atoms with van der Waals surface area (Å²) in [4.78, 5) is 25.0. The Morgan fingerprint density at radius 3 is 2.67 bits per heavy atom. The second kappa shape index (κ2) is 3.59. The minimum absolute atomic E-state index is 0.0648. The van der Waals surface area contributed by atoms with E-state index in [2.05, 4.69) is 10.0 Å². The van der Waals surface area contributed by atoms with Gasteiger partial charge in [0.05, 0.1) is 5.56 Å². The number of carbonyl (C=O) groups is 1. The third-order valence-electron chi connectivity index (χ3n) is 1.33. The maximum absolute atomic E-state index is 10.8. The maximum Gasteiger partial charge on any atom is 0.320 e. The Morgan fingerprint density at radius 2 is 2.08 bits per heavy atom. The third kappa shape index (κ3) is 1.46. The van der Waals surface area contributed by atoms with Gasteiger partial charge in [0, 0.05) is 5.18 Å². The molecule has 62 valence electrons. The first kappa shape index (κ1) is 8.35. The number of hydrogen-bond donors (Lipinski definition) is 1. The molecule has 0 aliphatic rings. The lowest BCUT2D eigenvalue weighted by molar-refractivity contribution is 0.0997. The summed E-state index contributed by atoms with van der Waals surface area (Å²) in [5.41, 5.74) is 0.0648. The van der Waals surface area contributed by atoms with Gasteiger partial charge < -0.3 is 4.84 Å². The van der Waals surface area contributed by atoms with E-state index in [4.69, 9.17) is 5.90 Å². The topological polar surface area (TPSA) is 81.8 Å². The van der Waals surface area contributed by atoms with Crippen LogP contribution in [-0.4, -0.2) is 5.91 Å². The number of benzene rings is 1. The van der Waals surface area contributed by atoms with Crippen LogP contribution in [0.1, 0.15) is 10.4 Å². The van der Waals surface area contributed by atoms with E-state index in [9.17, 15) is 9.70 Å². The van der Waals surface area contributed by atoms with E-state index >= 15 is 0 Å². The molecule has 0 bridgehead atoms. The molecule has 0 spiro atoms. The van der Waals surface area contributed by atoms with Gasteiger partial charge in [-0.05, 0) is 12.1 Å². The molecule has 0 radical (unpaired) electrons. The van der Waals surface area contributed by atoms with Crippen LogP contribution in [0.2, 0.25) is 0 Å². The average molecular weight is 166 g/mol. The van der Waals surface area contributed by atoms with Gasteiger partial charge in [0.25, 0.3) is 0 Å². The van der Waals surface area contributed by atoms with Crippen molar-refractivity contribution in [1.82, 2.24) is 0 Å². The number of nitroso groups, excluding NO2 is 1. The van der Waals surface area contributed by atoms with Gasteiger partial charge in [-0.25, -0.2) is 0 Å². The van der Waals surface area contributed by atoms with Crippen LogP contribution < -0.4 is 10.7 Å². The molecule has 0 aromatic heterocycles. The first-order chi connectivity index (χ1) is 5.79. The molecule has 0 heterocycles. The molecule has 1 rings (SSSR count). The first-order valence-electron chi connectivity index (χ1n) is 3.13. The van der Waals surface area contributed by atoms with Gasteiger partial charge in [0.1, 0.15) is 0 Å². The second-order valence-electron chi connectivity index (χ2n) is 2.01. The fourth-order valence-corrected chi connectivity index (χ4v) is 0.795. The van der Waals surface area contributed by atoms with E-state index in [-0.39, 0.29) is 11.3 Å². The van der Waals surface area contributed by atoms with Crippen LogP contribution in [0.5, 0.6) is 5.75 Å². The number of amides is 1. The zero-order valence-electron chi connectivity index (χ0n) is 6.06. The summed E-state index contributed by atoms with van der Waals surface area (Å²) in [5.74, 6) is 4.10. The number of hydrogen-bond acceptors (Lipinski definition) is 4. The van der Waals surface area contributed by atoms with Gasteiger partial charge >= 0.3 is 5.91 Å². The molecule has 2 N–H and O–H groups in total. The summed E-state index contributed by atoms with van der Waals surface area (Å²) in [6.45, 7) is 0. The molecular formula is C7H6N2O3. The highest BCUT2D eigenvalue weighted by Crippen LogP contribution is 2.16. The molecule has 1 aromatic rings. The molecular weight excluding hydrogens is 160 g/mol. The lowest BCUT2D eigenvalue weighted by Crippen LogP contribution is -2.06. The largest absolute Gasteiger partial charge is 0.411 e. The Bertz CT molecular complexity index is 311. The highest BCUT2D eigenvalue weighted by atomic mass is 16.6. The Hall–Kier alpha value is -1.75. The van der Waals surface area contributed by atoms with E-state index in [0.29, 0.717) is 0 Å². The van der Waals surface area contributed by atoms with E-state index in [1.165, 1.54) is 12.1 Å². The van der Waals surface area contributed by atoms with Crippen LogP contribution in [0.4, 0.5) is 0 Å². The van der Waals surface area contributed by atoms with E-state index < -0.39 is 5.91 Å². The summed E-state index contributed by atoms with van der Waals surface area (Å²) < 4.78 is 0. The van der Waals surface area contributed by atoms with Gasteiger partial charge in [-0.15, -0.1) is 4.91 Å². The quantitative estimate of drug-likeness (QED) is 0.521. The summed E-state index contributed by atoms with van der Waals surface area (Å²) in [6, 6.07) is 6.09. The van der Waals surface area contributed by atoms with Gasteiger partial charge in [0.15, 0.2) is 5.75 Å². The minimum Gasteiger partial charge on any atom is -0.411 e. The molecule has 5 heteroatoms. The summed E-state index contributed by atoms with van der Waals surface area (Å²) in [6.07, 6.45) is 0. The number of rotatable bonds is 2. The van der Waals surface area contributed by atoms with Crippen LogP contribution in [0.25, 0.3) is 0 Å². The van der Waals surface area contributed by atoms with Crippen molar-refractivity contribution in [2.24, 2.45) is 11.1 Å². The second-order valence-corrected chi connectivity index (χ2v) is 2.01. The lowest BCUT2D eigenvalue weighted by atomic mass is 10.2. The molecule has 12 heavy (non-hydrogen) atoms. The van der Waals surface area contributed by atoms with Gasteiger partial charge in [0.2, 0.25) is 0 Å². The van der Waals surface area contributed by atoms with Gasteiger partial charge in [-0.3, -0.25) is 4.79 Å². The molecule has 0 unspecified atom stereocenters. The summed E-state index contributed by atoms with van der Waals surface area (Å²) in [5, 5.41) is 2.24. The molecule has 0 saturated heterocycles. The smallest absolute Gasteiger partial charge is 0.320 e. The van der Waals surface area contributed by atoms with Crippen molar-refractivity contribution in [3.63, 3.8) is 0 Å². The average Bonchev–Trinajstić information content (AvgIpc) is 2.16. The summed E-state index contributed by atoms with van der Waals surface area (Å²) in [7, 11) is 0. The van der Waals surface area contributed by atoms with E-state index in [1.54, 1.807) is 12.1 Å². The Morgan fingerprint density at radius 1 is 1.42 bits per heavy atom. The number of carbonyl (C=O) groups excluding carboxylic acids is 1. The molecule has 1 amide bonds. The Kier molecular flexibility index (Phi) is 2.49. The minimum atomic E-state index is -0.893. The van der Waals surface area contributed by atoms with Crippen LogP contribution in [0.15, 0.2) is 29.4 Å². The van der Waals surface area contributed by atoms with Crippen molar-refractivity contribution in [2.45, 2.75) is 0 Å². The monoisotopic (exact) mass is 166 g/mol. The van der Waals surface area contributed by atoms with Crippen LogP contribution >= 0.6 is 0 Å². The maximum atomic E-state index is 10.8. The van der Waals surface area contributed by atoms with Crippen molar-refractivity contribution >= 4 is 5.91 Å². The first-order valence-corrected chi connectivity index (χ1v) is 3.13. The molecule has 0 fully saturated rings. The normalized spacial score (nSPS) is 9.08. The molecule has 0 aliphatic carbocycles. The molecule has 0 aliphatic heterocycles. The highest BCUT2D eigenvalue weighted by molar-refractivity contribution is 5.97.